The summed E-state index contributed by atoms with van der Waals surface area (Å²) in [7, 11) is 0. The summed E-state index contributed by atoms with van der Waals surface area (Å²) in [5.41, 5.74) is -11.5. The summed E-state index contributed by atoms with van der Waals surface area (Å²) in [6.07, 6.45) is -19.8. The third-order valence-electron chi connectivity index (χ3n) is 3.05. The van der Waals surface area contributed by atoms with E-state index in [9.17, 15) is 43.9 Å². The molecule has 0 bridgehead atoms. The molecule has 1 aromatic carbocycles. The number of hydrogen-bond donors (Lipinski definition) is 0. The number of alkyl halides is 13. The summed E-state index contributed by atoms with van der Waals surface area (Å²) in [5.74, 6) is 0. The lowest BCUT2D eigenvalue weighted by Crippen LogP contribution is -2.51. The van der Waals surface area contributed by atoms with Crippen molar-refractivity contribution in [3.63, 3.8) is 0 Å². The van der Waals surface area contributed by atoms with Gasteiger partial charge in [0.25, 0.3) is 0 Å². The Kier molecular flexibility index (Phi) is 6.67. The highest BCUT2D eigenvalue weighted by molar-refractivity contribution is 14.1. The van der Waals surface area contributed by atoms with Gasteiger partial charge < -0.3 is 0 Å². The molecule has 0 nitrogen and oxygen atoms in total. The van der Waals surface area contributed by atoms with Gasteiger partial charge in [-0.3, -0.25) is 0 Å². The van der Waals surface area contributed by atoms with Gasteiger partial charge in [-0.1, -0.05) is 34.8 Å². The minimum atomic E-state index is -6.62. The van der Waals surface area contributed by atoms with E-state index in [0.717, 1.165) is 22.6 Å². The highest BCUT2D eigenvalue weighted by Gasteiger charge is 2.74. The van der Waals surface area contributed by atoms with Crippen LogP contribution in [0.4, 0.5) is 43.9 Å². The fourth-order valence-electron chi connectivity index (χ4n) is 1.95. The van der Waals surface area contributed by atoms with Gasteiger partial charge in [0.05, 0.1) is 5.56 Å². The summed E-state index contributed by atoms with van der Waals surface area (Å²) in [6.45, 7) is 0. The lowest BCUT2D eigenvalue weighted by molar-refractivity contribution is -0.349. The molecule has 26 heavy (non-hydrogen) atoms. The molecule has 0 aliphatic carbocycles. The van der Waals surface area contributed by atoms with Crippen LogP contribution in [-0.4, -0.2) is 16.1 Å². The Bertz CT molecular complexity index is 658. The molecule has 14 heteroatoms. The van der Waals surface area contributed by atoms with Crippen LogP contribution in [0, 0.1) is 3.57 Å². The molecule has 0 radical (unpaired) electrons. The van der Waals surface area contributed by atoms with E-state index in [-0.39, 0.29) is 6.07 Å². The van der Waals surface area contributed by atoms with Crippen LogP contribution >= 0.6 is 57.4 Å². The zero-order chi connectivity index (χ0) is 20.9. The predicted octanol–water partition coefficient (Wildman–Crippen LogP) is 7.51. The van der Waals surface area contributed by atoms with Crippen molar-refractivity contribution in [3.05, 3.63) is 32.4 Å². The summed E-state index contributed by atoms with van der Waals surface area (Å²) in [4.78, 5) is 0. The van der Waals surface area contributed by atoms with Crippen molar-refractivity contribution in [2.24, 2.45) is 0 Å². The van der Waals surface area contributed by atoms with Crippen LogP contribution in [0.5, 0.6) is 0 Å². The van der Waals surface area contributed by atoms with Gasteiger partial charge in [-0.25, -0.2) is 4.39 Å². The second kappa shape index (κ2) is 7.18. The first-order chi connectivity index (χ1) is 11.2. The number of rotatable bonds is 2. The molecule has 1 rings (SSSR count). The third-order valence-corrected chi connectivity index (χ3v) is 4.42. The van der Waals surface area contributed by atoms with Crippen LogP contribution in [0.15, 0.2) is 12.1 Å². The first-order valence-electron chi connectivity index (χ1n) is 6.01. The van der Waals surface area contributed by atoms with E-state index in [4.69, 9.17) is 34.8 Å². The molecule has 0 spiro atoms. The molecule has 0 amide bonds. The van der Waals surface area contributed by atoms with Crippen molar-refractivity contribution < 1.29 is 43.9 Å². The van der Waals surface area contributed by atoms with E-state index < -0.39 is 60.7 Å². The second-order valence-corrected chi connectivity index (χ2v) is 8.61. The summed E-state index contributed by atoms with van der Waals surface area (Å²) < 4.78 is 127. The second-order valence-electron chi connectivity index (χ2n) is 4.93. The molecule has 0 heterocycles. The monoisotopic (exact) mass is 570 g/mol. The zero-order valence-corrected chi connectivity index (χ0v) is 16.1. The molecular weight excluding hydrogens is 567 g/mol. The van der Waals surface area contributed by atoms with E-state index in [1.807, 2.05) is 0 Å². The van der Waals surface area contributed by atoms with Crippen molar-refractivity contribution in [1.29, 1.82) is 0 Å². The number of hydrogen-bond acceptors (Lipinski definition) is 0. The van der Waals surface area contributed by atoms with Crippen molar-refractivity contribution >= 4 is 57.4 Å². The molecule has 0 saturated heterocycles. The molecule has 0 saturated carbocycles. The molecule has 0 N–H and O–H groups in total. The lowest BCUT2D eigenvalue weighted by atomic mass is 9.87. The fraction of sp³-hybridized carbons (Fsp3) is 0.500. The smallest absolute Gasteiger partial charge is 0.218 e. The van der Waals surface area contributed by atoms with Crippen LogP contribution in [0.2, 0.25) is 0 Å². The van der Waals surface area contributed by atoms with Gasteiger partial charge in [0.15, 0.2) is 3.79 Å². The van der Waals surface area contributed by atoms with Crippen LogP contribution in [0.25, 0.3) is 0 Å². The SMILES string of the molecule is FC(F)(F)c1cc(I)c(CC(Cl)(Cl)Cl)c(C(F)(C(F)(F)F)C(F)(F)F)c1. The molecule has 150 valence electrons. The molecule has 0 atom stereocenters. The maximum absolute atomic E-state index is 14.4. The summed E-state index contributed by atoms with van der Waals surface area (Å²) in [6, 6.07) is -0.349. The quantitative estimate of drug-likeness (QED) is 0.196. The van der Waals surface area contributed by atoms with Gasteiger partial charge in [0.1, 0.15) is 0 Å². The first-order valence-corrected chi connectivity index (χ1v) is 8.22. The Morgan fingerprint density at radius 1 is 0.769 bits per heavy atom. The van der Waals surface area contributed by atoms with E-state index in [2.05, 4.69) is 0 Å². The van der Waals surface area contributed by atoms with Gasteiger partial charge in [0, 0.05) is 15.6 Å². The maximum Gasteiger partial charge on any atom is 0.435 e. The zero-order valence-electron chi connectivity index (χ0n) is 11.7. The fourth-order valence-corrected chi connectivity index (χ4v) is 3.17. The summed E-state index contributed by atoms with van der Waals surface area (Å²) in [5, 5.41) is 0. The van der Waals surface area contributed by atoms with Crippen LogP contribution in [0.1, 0.15) is 16.7 Å². The molecule has 0 aliphatic rings. The average molecular weight is 571 g/mol. The van der Waals surface area contributed by atoms with Crippen molar-refractivity contribution in [1.82, 2.24) is 0 Å². The van der Waals surface area contributed by atoms with Crippen molar-refractivity contribution in [3.8, 4) is 0 Å². The van der Waals surface area contributed by atoms with Gasteiger partial charge in [-0.2, -0.15) is 39.5 Å². The van der Waals surface area contributed by atoms with E-state index in [0.29, 0.717) is 0 Å². The Morgan fingerprint density at radius 2 is 1.19 bits per heavy atom. The molecule has 1 aromatic rings. The molecule has 0 unspecified atom stereocenters. The minimum Gasteiger partial charge on any atom is -0.218 e. The van der Waals surface area contributed by atoms with Gasteiger partial charge in [0.2, 0.25) is 0 Å². The number of benzene rings is 1. The van der Waals surface area contributed by atoms with Gasteiger partial charge >= 0.3 is 24.2 Å². The van der Waals surface area contributed by atoms with Crippen LogP contribution in [0.3, 0.4) is 0 Å². The first kappa shape index (κ1) is 24.2. The largest absolute Gasteiger partial charge is 0.435 e. The van der Waals surface area contributed by atoms with Crippen LogP contribution < -0.4 is 0 Å². The van der Waals surface area contributed by atoms with Gasteiger partial charge in [-0.05, 0) is 40.3 Å². The Labute approximate surface area is 167 Å². The standard InChI is InChI=1S/C12H4Cl3F10I/c13-8(14,15)3-5-6(1-4(2-7(5)26)10(17,18)19)9(16,11(20,21)22)12(23,24)25/h1-2H,3H2. The van der Waals surface area contributed by atoms with E-state index in [1.165, 1.54) is 0 Å². The third kappa shape index (κ3) is 4.93. The van der Waals surface area contributed by atoms with Crippen LogP contribution in [-0.2, 0) is 18.3 Å². The topological polar surface area (TPSA) is 0 Å². The Balaban J connectivity index is 3.98. The molecule has 0 fully saturated rings. The van der Waals surface area contributed by atoms with Crippen molar-refractivity contribution in [2.75, 3.05) is 0 Å². The maximum atomic E-state index is 14.4. The highest BCUT2D eigenvalue weighted by Crippen LogP contribution is 2.55. The van der Waals surface area contributed by atoms with E-state index in [1.54, 1.807) is 0 Å². The minimum absolute atomic E-state index is 0.225. The molecular formula is C12H4Cl3F10I. The lowest BCUT2D eigenvalue weighted by Gasteiger charge is -2.33. The van der Waals surface area contributed by atoms with Crippen molar-refractivity contribution in [2.45, 2.75) is 34.4 Å². The average Bonchev–Trinajstić information content (AvgIpc) is 2.34. The highest BCUT2D eigenvalue weighted by atomic mass is 127. The molecule has 0 aliphatic heterocycles. The Hall–Kier alpha value is 0.120. The Morgan fingerprint density at radius 3 is 1.50 bits per heavy atom. The molecule has 0 aromatic heterocycles. The van der Waals surface area contributed by atoms with Gasteiger partial charge in [-0.15, -0.1) is 0 Å². The predicted molar refractivity (Wildman–Crippen MR) is 83.1 cm³/mol. The van der Waals surface area contributed by atoms with E-state index >= 15 is 0 Å². The summed E-state index contributed by atoms with van der Waals surface area (Å²) >= 11 is 17.0. The number of halogens is 14. The normalized spacial score (nSPS) is 14.7.